The molecule has 5 nitrogen and oxygen atoms in total. The van der Waals surface area contributed by atoms with Crippen LogP contribution in [0.2, 0.25) is 5.02 Å². The van der Waals surface area contributed by atoms with Crippen molar-refractivity contribution in [3.8, 4) is 0 Å². The molecular formula is C21H17ClFN3O2S. The van der Waals surface area contributed by atoms with E-state index in [1.54, 1.807) is 48.0 Å². The van der Waals surface area contributed by atoms with Gasteiger partial charge in [0, 0.05) is 22.2 Å². The third-order valence-electron chi connectivity index (χ3n) is 5.05. The Balaban J connectivity index is 1.86. The van der Waals surface area contributed by atoms with Gasteiger partial charge in [-0.25, -0.2) is 9.37 Å². The van der Waals surface area contributed by atoms with Crippen LogP contribution in [-0.2, 0) is 11.2 Å². The van der Waals surface area contributed by atoms with Crippen molar-refractivity contribution < 1.29 is 14.0 Å². The number of carbonyl (C=O) groups is 2. The first-order valence-electron chi connectivity index (χ1n) is 9.01. The van der Waals surface area contributed by atoms with E-state index in [2.05, 4.69) is 4.98 Å². The molecule has 2 atom stereocenters. The van der Waals surface area contributed by atoms with Gasteiger partial charge in [0.15, 0.2) is 6.04 Å². The molecule has 0 aliphatic heterocycles. The fraction of sp³-hybridized carbons (Fsp3) is 0.190. The zero-order valence-corrected chi connectivity index (χ0v) is 16.8. The predicted octanol–water partition coefficient (Wildman–Crippen LogP) is 4.29. The molecule has 0 saturated carbocycles. The van der Waals surface area contributed by atoms with Gasteiger partial charge in [-0.15, -0.1) is 11.3 Å². The maximum absolute atomic E-state index is 14.5. The molecule has 0 radical (unpaired) electrons. The lowest BCUT2D eigenvalue weighted by molar-refractivity contribution is -0.123. The highest BCUT2D eigenvalue weighted by Gasteiger charge is 2.41. The molecule has 29 heavy (non-hydrogen) atoms. The van der Waals surface area contributed by atoms with Gasteiger partial charge in [-0.05, 0) is 48.2 Å². The molecule has 0 bridgehead atoms. The van der Waals surface area contributed by atoms with Crippen molar-refractivity contribution in [3.63, 3.8) is 0 Å². The number of amides is 2. The van der Waals surface area contributed by atoms with Crippen LogP contribution < -0.4 is 5.73 Å². The second kappa shape index (κ2) is 7.93. The minimum atomic E-state index is -1.07. The Kier molecular flexibility index (Phi) is 5.34. The number of aromatic nitrogens is 1. The van der Waals surface area contributed by atoms with E-state index in [1.807, 2.05) is 0 Å². The van der Waals surface area contributed by atoms with E-state index < -0.39 is 23.8 Å². The Labute approximate surface area is 175 Å². The number of fused-ring (bicyclic) bond motifs is 1. The van der Waals surface area contributed by atoms with Gasteiger partial charge in [0.1, 0.15) is 10.8 Å². The van der Waals surface area contributed by atoms with Gasteiger partial charge in [0.25, 0.3) is 5.91 Å². The molecule has 0 unspecified atom stereocenters. The Morgan fingerprint density at radius 1 is 1.28 bits per heavy atom. The summed E-state index contributed by atoms with van der Waals surface area (Å²) in [7, 11) is 0. The summed E-state index contributed by atoms with van der Waals surface area (Å²) in [6.07, 6.45) is 2.45. The van der Waals surface area contributed by atoms with Crippen molar-refractivity contribution in [3.05, 3.63) is 86.6 Å². The smallest absolute Gasteiger partial charge is 0.255 e. The Morgan fingerprint density at radius 2 is 2.03 bits per heavy atom. The summed E-state index contributed by atoms with van der Waals surface area (Å²) < 4.78 is 14.5. The van der Waals surface area contributed by atoms with E-state index in [9.17, 15) is 14.0 Å². The topological polar surface area (TPSA) is 76.3 Å². The molecule has 1 heterocycles. The molecule has 2 amide bonds. The SMILES string of the molecule is NC(=O)[C@@H](c1nccs1)N(C(=O)c1ccccc1)[C@@H]1CCc2c(F)cc(Cl)cc21. The third-order valence-corrected chi connectivity index (χ3v) is 6.09. The van der Waals surface area contributed by atoms with Crippen LogP contribution >= 0.6 is 22.9 Å². The van der Waals surface area contributed by atoms with Crippen molar-refractivity contribution in [1.29, 1.82) is 0 Å². The Morgan fingerprint density at radius 3 is 2.69 bits per heavy atom. The van der Waals surface area contributed by atoms with Crippen molar-refractivity contribution in [1.82, 2.24) is 9.88 Å². The zero-order valence-electron chi connectivity index (χ0n) is 15.2. The third kappa shape index (κ3) is 3.63. The van der Waals surface area contributed by atoms with E-state index in [-0.39, 0.29) is 10.9 Å². The van der Waals surface area contributed by atoms with Crippen molar-refractivity contribution in [2.24, 2.45) is 5.73 Å². The maximum Gasteiger partial charge on any atom is 0.255 e. The number of primary amides is 1. The lowest BCUT2D eigenvalue weighted by Gasteiger charge is -2.34. The minimum absolute atomic E-state index is 0.241. The van der Waals surface area contributed by atoms with Crippen LogP contribution in [-0.4, -0.2) is 21.7 Å². The monoisotopic (exact) mass is 429 g/mol. The first kappa shape index (κ1) is 19.5. The number of thiazole rings is 1. The molecule has 1 aliphatic rings. The summed E-state index contributed by atoms with van der Waals surface area (Å²) >= 11 is 7.33. The highest BCUT2D eigenvalue weighted by molar-refractivity contribution is 7.09. The summed E-state index contributed by atoms with van der Waals surface area (Å²) in [5.74, 6) is -1.48. The standard InChI is InChI=1S/C21H17ClFN3O2S/c22-13-10-15-14(16(23)11-13)6-7-17(15)26(21(28)12-4-2-1-3-5-12)18(19(24)27)20-25-8-9-29-20/h1-5,8-11,17-18H,6-7H2,(H2,24,27)/t17-,18+/m1/s1. The number of nitrogens with zero attached hydrogens (tertiary/aromatic N) is 2. The normalized spacial score (nSPS) is 16.3. The first-order chi connectivity index (χ1) is 14.0. The average molecular weight is 430 g/mol. The summed E-state index contributed by atoms with van der Waals surface area (Å²) in [4.78, 5) is 31.6. The predicted molar refractivity (Wildman–Crippen MR) is 109 cm³/mol. The molecule has 2 aromatic carbocycles. The van der Waals surface area contributed by atoms with Gasteiger partial charge < -0.3 is 10.6 Å². The molecule has 1 aliphatic carbocycles. The van der Waals surface area contributed by atoms with E-state index >= 15 is 0 Å². The molecule has 3 aromatic rings. The average Bonchev–Trinajstić information content (AvgIpc) is 3.36. The van der Waals surface area contributed by atoms with Crippen LogP contribution in [0.1, 0.15) is 45.0 Å². The van der Waals surface area contributed by atoms with Gasteiger partial charge in [-0.1, -0.05) is 29.8 Å². The van der Waals surface area contributed by atoms with Crippen LogP contribution in [0.25, 0.3) is 0 Å². The molecule has 8 heteroatoms. The van der Waals surface area contributed by atoms with Crippen molar-refractivity contribution >= 4 is 34.8 Å². The summed E-state index contributed by atoms with van der Waals surface area (Å²) in [5, 5.41) is 2.37. The van der Waals surface area contributed by atoms with Crippen LogP contribution in [0.5, 0.6) is 0 Å². The highest BCUT2D eigenvalue weighted by Crippen LogP contribution is 2.43. The summed E-state index contributed by atoms with van der Waals surface area (Å²) in [6, 6.07) is 9.93. The van der Waals surface area contributed by atoms with Crippen molar-refractivity contribution in [2.75, 3.05) is 0 Å². The molecular weight excluding hydrogens is 413 g/mol. The van der Waals surface area contributed by atoms with E-state index in [0.29, 0.717) is 34.5 Å². The molecule has 2 N–H and O–H groups in total. The van der Waals surface area contributed by atoms with Crippen LogP contribution in [0.3, 0.4) is 0 Å². The molecule has 0 fully saturated rings. The Hall–Kier alpha value is -2.77. The maximum atomic E-state index is 14.5. The second-order valence-corrected chi connectivity index (χ2v) is 8.13. The number of hydrogen-bond acceptors (Lipinski definition) is 4. The number of hydrogen-bond donors (Lipinski definition) is 1. The zero-order chi connectivity index (χ0) is 20.5. The van der Waals surface area contributed by atoms with Crippen molar-refractivity contribution in [2.45, 2.75) is 24.9 Å². The number of carbonyl (C=O) groups excluding carboxylic acids is 2. The highest BCUT2D eigenvalue weighted by atomic mass is 35.5. The molecule has 4 rings (SSSR count). The summed E-state index contributed by atoms with van der Waals surface area (Å²) in [6.45, 7) is 0. The van der Waals surface area contributed by atoms with Gasteiger partial charge >= 0.3 is 0 Å². The number of rotatable bonds is 5. The Bertz CT molecular complexity index is 1060. The minimum Gasteiger partial charge on any atom is -0.367 e. The fourth-order valence-corrected chi connectivity index (χ4v) is 4.78. The van der Waals surface area contributed by atoms with Gasteiger partial charge in [-0.3, -0.25) is 9.59 Å². The lowest BCUT2D eigenvalue weighted by atomic mass is 10.0. The number of halogens is 2. The fourth-order valence-electron chi connectivity index (χ4n) is 3.83. The van der Waals surface area contributed by atoms with Gasteiger partial charge in [0.2, 0.25) is 5.91 Å². The number of benzene rings is 2. The molecule has 0 spiro atoms. The first-order valence-corrected chi connectivity index (χ1v) is 10.3. The number of nitrogens with two attached hydrogens (primary N) is 1. The van der Waals surface area contributed by atoms with E-state index in [0.717, 1.165) is 0 Å². The second-order valence-electron chi connectivity index (χ2n) is 6.76. The molecule has 0 saturated heterocycles. The largest absolute Gasteiger partial charge is 0.367 e. The molecule has 1 aromatic heterocycles. The van der Waals surface area contributed by atoms with Gasteiger partial charge in [-0.2, -0.15) is 0 Å². The molecule has 148 valence electrons. The van der Waals surface area contributed by atoms with E-state index in [1.165, 1.54) is 22.3 Å². The summed E-state index contributed by atoms with van der Waals surface area (Å²) in [5.41, 5.74) is 7.24. The quantitative estimate of drug-likeness (QED) is 0.657. The van der Waals surface area contributed by atoms with Crippen LogP contribution in [0, 0.1) is 5.82 Å². The van der Waals surface area contributed by atoms with Crippen LogP contribution in [0.4, 0.5) is 4.39 Å². The van der Waals surface area contributed by atoms with Crippen LogP contribution in [0.15, 0.2) is 54.0 Å². The van der Waals surface area contributed by atoms with E-state index in [4.69, 9.17) is 17.3 Å². The van der Waals surface area contributed by atoms with Gasteiger partial charge in [0.05, 0.1) is 6.04 Å². The lowest BCUT2D eigenvalue weighted by Crippen LogP contribution is -2.43.